The van der Waals surface area contributed by atoms with E-state index in [0.29, 0.717) is 22.2 Å². The number of carbonyl (C=O) groups is 1. The first-order valence-electron chi connectivity index (χ1n) is 9.33. The summed E-state index contributed by atoms with van der Waals surface area (Å²) >= 11 is 6.03. The molecule has 0 unspecified atom stereocenters. The molecule has 2 aromatic heterocycles. The smallest absolute Gasteiger partial charge is 0.230 e. The Kier molecular flexibility index (Phi) is 5.59. The third kappa shape index (κ3) is 3.95. The largest absolute Gasteiger partial charge is 0.497 e. The fraction of sp³-hybridized carbons (Fsp3) is 0.130. The topological polar surface area (TPSA) is 64.9 Å². The Balaban J connectivity index is 1.69. The molecule has 152 valence electrons. The van der Waals surface area contributed by atoms with Gasteiger partial charge in [-0.05, 0) is 36.4 Å². The number of hydrogen-bond donors (Lipinski definition) is 1. The van der Waals surface area contributed by atoms with Crippen LogP contribution in [0.25, 0.3) is 16.9 Å². The van der Waals surface area contributed by atoms with Crippen molar-refractivity contribution >= 4 is 28.8 Å². The van der Waals surface area contributed by atoms with E-state index in [1.54, 1.807) is 32.4 Å². The van der Waals surface area contributed by atoms with Crippen LogP contribution in [0, 0.1) is 0 Å². The van der Waals surface area contributed by atoms with Gasteiger partial charge in [0.25, 0.3) is 0 Å². The first-order valence-corrected chi connectivity index (χ1v) is 9.70. The van der Waals surface area contributed by atoms with E-state index in [9.17, 15) is 4.79 Å². The van der Waals surface area contributed by atoms with E-state index >= 15 is 0 Å². The highest BCUT2D eigenvalue weighted by atomic mass is 35.5. The van der Waals surface area contributed by atoms with E-state index in [0.717, 1.165) is 22.6 Å². The zero-order valence-electron chi connectivity index (χ0n) is 16.6. The zero-order chi connectivity index (χ0) is 21.1. The molecule has 2 aromatic carbocycles. The lowest BCUT2D eigenvalue weighted by Crippen LogP contribution is -2.16. The number of methoxy groups -OCH3 is 2. The zero-order valence-corrected chi connectivity index (χ0v) is 17.3. The molecule has 1 amide bonds. The van der Waals surface area contributed by atoms with Crippen LogP contribution in [0.3, 0.4) is 0 Å². The number of rotatable bonds is 6. The second kappa shape index (κ2) is 8.47. The van der Waals surface area contributed by atoms with Crippen LogP contribution in [0.2, 0.25) is 5.02 Å². The monoisotopic (exact) mass is 421 g/mol. The Labute approximate surface area is 179 Å². The van der Waals surface area contributed by atoms with Crippen molar-refractivity contribution in [3.8, 4) is 22.8 Å². The third-order valence-electron chi connectivity index (χ3n) is 4.76. The number of nitrogens with zero attached hydrogens (tertiary/aromatic N) is 2. The number of pyridine rings is 1. The van der Waals surface area contributed by atoms with Crippen LogP contribution >= 0.6 is 11.6 Å². The lowest BCUT2D eigenvalue weighted by Gasteiger charge is -2.12. The number of benzene rings is 2. The number of amides is 1. The molecular weight excluding hydrogens is 402 g/mol. The third-order valence-corrected chi connectivity index (χ3v) is 5.01. The van der Waals surface area contributed by atoms with Crippen molar-refractivity contribution < 1.29 is 14.3 Å². The number of fused-ring (bicyclic) bond motifs is 1. The molecule has 0 radical (unpaired) electrons. The summed E-state index contributed by atoms with van der Waals surface area (Å²) in [5.41, 5.74) is 3.73. The molecule has 4 rings (SSSR count). The Morgan fingerprint density at radius 1 is 1.07 bits per heavy atom. The minimum absolute atomic E-state index is 0.128. The number of carbonyl (C=O) groups excluding carboxylic acids is 1. The van der Waals surface area contributed by atoms with Crippen LogP contribution in [0.5, 0.6) is 11.5 Å². The summed E-state index contributed by atoms with van der Waals surface area (Å²) in [6.07, 6.45) is 2.03. The van der Waals surface area contributed by atoms with Gasteiger partial charge in [0.1, 0.15) is 17.1 Å². The molecule has 4 aromatic rings. The van der Waals surface area contributed by atoms with Gasteiger partial charge < -0.3 is 19.2 Å². The lowest BCUT2D eigenvalue weighted by molar-refractivity contribution is -0.115. The summed E-state index contributed by atoms with van der Waals surface area (Å²) in [6, 6.07) is 18.4. The molecule has 1 N–H and O–H groups in total. The van der Waals surface area contributed by atoms with E-state index in [2.05, 4.69) is 5.32 Å². The number of hydrogen-bond acceptors (Lipinski definition) is 4. The van der Waals surface area contributed by atoms with Crippen LogP contribution in [-0.2, 0) is 11.2 Å². The quantitative estimate of drug-likeness (QED) is 0.483. The number of halogens is 1. The van der Waals surface area contributed by atoms with E-state index in [1.165, 1.54) is 0 Å². The molecule has 0 spiro atoms. The number of aromatic nitrogens is 2. The number of anilines is 1. The van der Waals surface area contributed by atoms with Gasteiger partial charge in [0.2, 0.25) is 5.91 Å². The SMILES string of the molecule is COc1ccc(OC)c(NC(=O)Cc2c(-c3ccc(Cl)cc3)nc3ccccn23)c1. The lowest BCUT2D eigenvalue weighted by atomic mass is 10.1. The molecule has 0 aliphatic heterocycles. The van der Waals surface area contributed by atoms with Crippen molar-refractivity contribution in [2.45, 2.75) is 6.42 Å². The summed E-state index contributed by atoms with van der Waals surface area (Å²) in [5.74, 6) is 0.991. The van der Waals surface area contributed by atoms with Gasteiger partial charge in [-0.25, -0.2) is 4.98 Å². The van der Waals surface area contributed by atoms with Crippen molar-refractivity contribution in [2.24, 2.45) is 0 Å². The summed E-state index contributed by atoms with van der Waals surface area (Å²) in [6.45, 7) is 0. The number of ether oxygens (including phenoxy) is 2. The fourth-order valence-electron chi connectivity index (χ4n) is 3.31. The Morgan fingerprint density at radius 3 is 2.60 bits per heavy atom. The molecule has 0 aliphatic carbocycles. The van der Waals surface area contributed by atoms with Crippen molar-refractivity contribution in [2.75, 3.05) is 19.5 Å². The molecule has 0 aliphatic rings. The van der Waals surface area contributed by atoms with Crippen LogP contribution in [0.1, 0.15) is 5.69 Å². The average Bonchev–Trinajstić information content (AvgIpc) is 3.12. The van der Waals surface area contributed by atoms with Gasteiger partial charge in [-0.15, -0.1) is 0 Å². The molecule has 2 heterocycles. The second-order valence-electron chi connectivity index (χ2n) is 6.63. The van der Waals surface area contributed by atoms with Crippen molar-refractivity contribution in [3.63, 3.8) is 0 Å². The van der Waals surface area contributed by atoms with Gasteiger partial charge in [-0.3, -0.25) is 4.79 Å². The van der Waals surface area contributed by atoms with Crippen LogP contribution < -0.4 is 14.8 Å². The Hall–Kier alpha value is -3.51. The van der Waals surface area contributed by atoms with Crippen molar-refractivity contribution in [1.82, 2.24) is 9.38 Å². The minimum Gasteiger partial charge on any atom is -0.497 e. The van der Waals surface area contributed by atoms with Crippen molar-refractivity contribution in [1.29, 1.82) is 0 Å². The molecule has 0 saturated heterocycles. The highest BCUT2D eigenvalue weighted by molar-refractivity contribution is 6.30. The van der Waals surface area contributed by atoms with Gasteiger partial charge >= 0.3 is 0 Å². The second-order valence-corrected chi connectivity index (χ2v) is 7.07. The summed E-state index contributed by atoms with van der Waals surface area (Å²) in [7, 11) is 3.13. The highest BCUT2D eigenvalue weighted by Gasteiger charge is 2.18. The fourth-order valence-corrected chi connectivity index (χ4v) is 3.44. The van der Waals surface area contributed by atoms with Gasteiger partial charge in [-0.1, -0.05) is 29.8 Å². The summed E-state index contributed by atoms with van der Waals surface area (Å²) < 4.78 is 12.5. The highest BCUT2D eigenvalue weighted by Crippen LogP contribution is 2.30. The van der Waals surface area contributed by atoms with Gasteiger partial charge in [0.15, 0.2) is 0 Å². The van der Waals surface area contributed by atoms with Crippen molar-refractivity contribution in [3.05, 3.63) is 77.6 Å². The van der Waals surface area contributed by atoms with E-state index in [-0.39, 0.29) is 12.3 Å². The predicted octanol–water partition coefficient (Wildman–Crippen LogP) is 4.85. The number of imidazole rings is 1. The molecule has 0 atom stereocenters. The Bertz CT molecular complexity index is 1200. The molecule has 30 heavy (non-hydrogen) atoms. The van der Waals surface area contributed by atoms with E-state index < -0.39 is 0 Å². The predicted molar refractivity (Wildman–Crippen MR) is 118 cm³/mol. The first kappa shape index (κ1) is 19.8. The minimum atomic E-state index is -0.192. The molecule has 6 nitrogen and oxygen atoms in total. The maximum Gasteiger partial charge on any atom is 0.230 e. The normalized spacial score (nSPS) is 10.8. The molecule has 0 bridgehead atoms. The van der Waals surface area contributed by atoms with Gasteiger partial charge in [-0.2, -0.15) is 0 Å². The van der Waals surface area contributed by atoms with E-state index in [4.69, 9.17) is 26.1 Å². The summed E-state index contributed by atoms with van der Waals surface area (Å²) in [5, 5.41) is 3.57. The van der Waals surface area contributed by atoms with Gasteiger partial charge in [0, 0.05) is 22.8 Å². The average molecular weight is 422 g/mol. The molecule has 7 heteroatoms. The summed E-state index contributed by atoms with van der Waals surface area (Å²) in [4.78, 5) is 17.7. The Morgan fingerprint density at radius 2 is 1.87 bits per heavy atom. The standard InChI is InChI=1S/C23H20ClN3O3/c1-29-17-10-11-20(30-2)18(13-17)25-22(28)14-19-23(15-6-8-16(24)9-7-15)26-21-5-3-4-12-27(19)21/h3-13H,14H2,1-2H3,(H,25,28). The van der Waals surface area contributed by atoms with Gasteiger partial charge in [0.05, 0.1) is 37.7 Å². The maximum absolute atomic E-state index is 13.0. The molecule has 0 saturated carbocycles. The maximum atomic E-state index is 13.0. The first-order chi connectivity index (χ1) is 14.6. The molecular formula is C23H20ClN3O3. The van der Waals surface area contributed by atoms with E-state index in [1.807, 2.05) is 53.1 Å². The number of nitrogens with one attached hydrogen (secondary N) is 1. The van der Waals surface area contributed by atoms with Crippen LogP contribution in [0.15, 0.2) is 66.9 Å². The van der Waals surface area contributed by atoms with Crippen LogP contribution in [-0.4, -0.2) is 29.5 Å². The molecule has 0 fully saturated rings. The van der Waals surface area contributed by atoms with Crippen LogP contribution in [0.4, 0.5) is 5.69 Å².